The third kappa shape index (κ3) is 2.61. The number of carbonyl (C=O) groups excluding carboxylic acids is 1. The summed E-state index contributed by atoms with van der Waals surface area (Å²) in [4.78, 5) is 10.4. The summed E-state index contributed by atoms with van der Waals surface area (Å²) in [5.41, 5.74) is 11.0. The number of amides is 1. The molecule has 0 aliphatic carbocycles. The fraction of sp³-hybridized carbons (Fsp3) is 0.429. The van der Waals surface area contributed by atoms with Crippen LogP contribution >= 0.6 is 0 Å². The highest BCUT2D eigenvalue weighted by atomic mass is 16.1. The van der Waals surface area contributed by atoms with E-state index in [1.807, 2.05) is 0 Å². The van der Waals surface area contributed by atoms with E-state index in [4.69, 9.17) is 11.5 Å². The lowest BCUT2D eigenvalue weighted by molar-refractivity contribution is -0.118. The van der Waals surface area contributed by atoms with Crippen LogP contribution in [0.3, 0.4) is 0 Å². The largest absolute Gasteiger partial charge is 0.396 e. The van der Waals surface area contributed by atoms with Gasteiger partial charge in [0.1, 0.15) is 0 Å². The molecule has 66 valence electrons. The molecule has 0 spiro atoms. The molecular formula is C7H12N4O. The van der Waals surface area contributed by atoms with Crippen LogP contribution in [0.15, 0.2) is 12.4 Å². The third-order valence-corrected chi connectivity index (χ3v) is 1.46. The molecule has 0 unspecified atom stereocenters. The number of nitrogens with two attached hydrogens (primary N) is 2. The average Bonchev–Trinajstić information content (AvgIpc) is 2.35. The van der Waals surface area contributed by atoms with Gasteiger partial charge in [0, 0.05) is 19.2 Å². The second-order valence-electron chi connectivity index (χ2n) is 2.61. The lowest BCUT2D eigenvalue weighted by atomic mass is 10.3. The zero-order valence-electron chi connectivity index (χ0n) is 6.73. The first kappa shape index (κ1) is 8.58. The lowest BCUT2D eigenvalue weighted by Crippen LogP contribution is -2.11. The predicted octanol–water partition coefficient (Wildman–Crippen LogP) is -0.269. The Morgan fingerprint density at radius 1 is 1.67 bits per heavy atom. The number of anilines is 1. The second-order valence-corrected chi connectivity index (χ2v) is 2.61. The molecular weight excluding hydrogens is 156 g/mol. The molecule has 0 fully saturated rings. The molecule has 5 nitrogen and oxygen atoms in total. The molecule has 0 saturated heterocycles. The van der Waals surface area contributed by atoms with Crippen molar-refractivity contribution in [3.8, 4) is 0 Å². The van der Waals surface area contributed by atoms with Crippen LogP contribution in [0.2, 0.25) is 0 Å². The minimum absolute atomic E-state index is 0.282. The number of hydrogen-bond donors (Lipinski definition) is 2. The summed E-state index contributed by atoms with van der Waals surface area (Å²) < 4.78 is 1.69. The van der Waals surface area contributed by atoms with Crippen molar-refractivity contribution in [3.05, 3.63) is 12.4 Å². The van der Waals surface area contributed by atoms with Crippen LogP contribution < -0.4 is 11.5 Å². The Bertz CT molecular complexity index is 268. The van der Waals surface area contributed by atoms with Gasteiger partial charge in [-0.05, 0) is 6.42 Å². The predicted molar refractivity (Wildman–Crippen MR) is 45.1 cm³/mol. The third-order valence-electron chi connectivity index (χ3n) is 1.46. The standard InChI is InChI=1S/C7H12N4O/c8-6-4-10-11(5-6)3-1-2-7(9)12/h4-5H,1-3,8H2,(H2,9,12). The molecule has 0 aliphatic rings. The van der Waals surface area contributed by atoms with E-state index < -0.39 is 0 Å². The quantitative estimate of drug-likeness (QED) is 0.648. The summed E-state index contributed by atoms with van der Waals surface area (Å²) in [6.45, 7) is 0.681. The fourth-order valence-electron chi connectivity index (χ4n) is 0.917. The summed E-state index contributed by atoms with van der Waals surface area (Å²) in [6.07, 6.45) is 4.39. The Labute approximate surface area is 70.3 Å². The van der Waals surface area contributed by atoms with Crippen LogP contribution in [0, 0.1) is 0 Å². The van der Waals surface area contributed by atoms with E-state index in [1.165, 1.54) is 0 Å². The van der Waals surface area contributed by atoms with Gasteiger partial charge in [0.25, 0.3) is 0 Å². The maximum absolute atomic E-state index is 10.4. The van der Waals surface area contributed by atoms with Gasteiger partial charge in [-0.1, -0.05) is 0 Å². The van der Waals surface area contributed by atoms with Crippen molar-refractivity contribution in [1.82, 2.24) is 9.78 Å². The van der Waals surface area contributed by atoms with Crippen LogP contribution in [0.25, 0.3) is 0 Å². The molecule has 12 heavy (non-hydrogen) atoms. The summed E-state index contributed by atoms with van der Waals surface area (Å²) in [7, 11) is 0. The Morgan fingerprint density at radius 2 is 2.42 bits per heavy atom. The molecule has 0 aliphatic heterocycles. The second kappa shape index (κ2) is 3.75. The Morgan fingerprint density at radius 3 is 2.92 bits per heavy atom. The van der Waals surface area contributed by atoms with E-state index in [9.17, 15) is 4.79 Å². The van der Waals surface area contributed by atoms with Crippen LogP contribution in [-0.2, 0) is 11.3 Å². The molecule has 1 aromatic heterocycles. The van der Waals surface area contributed by atoms with Crippen molar-refractivity contribution in [2.75, 3.05) is 5.73 Å². The number of rotatable bonds is 4. The topological polar surface area (TPSA) is 86.9 Å². The number of nitrogens with zero attached hydrogens (tertiary/aromatic N) is 2. The molecule has 1 heterocycles. The van der Waals surface area contributed by atoms with Crippen LogP contribution in [0.1, 0.15) is 12.8 Å². The number of carbonyl (C=O) groups is 1. The van der Waals surface area contributed by atoms with Crippen molar-refractivity contribution >= 4 is 11.6 Å². The zero-order valence-corrected chi connectivity index (χ0v) is 6.73. The molecule has 1 aromatic rings. The fourth-order valence-corrected chi connectivity index (χ4v) is 0.917. The van der Waals surface area contributed by atoms with E-state index in [1.54, 1.807) is 17.1 Å². The van der Waals surface area contributed by atoms with Crippen LogP contribution in [0.5, 0.6) is 0 Å². The minimum atomic E-state index is -0.282. The zero-order chi connectivity index (χ0) is 8.97. The number of primary amides is 1. The SMILES string of the molecule is NC(=O)CCCn1cc(N)cn1. The van der Waals surface area contributed by atoms with Gasteiger partial charge in [-0.15, -0.1) is 0 Å². The van der Waals surface area contributed by atoms with E-state index in [0.29, 0.717) is 25.1 Å². The number of aromatic nitrogens is 2. The van der Waals surface area contributed by atoms with Gasteiger partial charge in [0.15, 0.2) is 0 Å². The first-order valence-corrected chi connectivity index (χ1v) is 3.75. The van der Waals surface area contributed by atoms with Gasteiger partial charge in [0.2, 0.25) is 5.91 Å². The van der Waals surface area contributed by atoms with Crippen molar-refractivity contribution in [2.24, 2.45) is 5.73 Å². The highest BCUT2D eigenvalue weighted by molar-refractivity contribution is 5.73. The number of aryl methyl sites for hydroxylation is 1. The normalized spacial score (nSPS) is 10.0. The highest BCUT2D eigenvalue weighted by Gasteiger charge is 1.96. The van der Waals surface area contributed by atoms with Gasteiger partial charge >= 0.3 is 0 Å². The molecule has 0 atom stereocenters. The summed E-state index contributed by atoms with van der Waals surface area (Å²) in [5.74, 6) is -0.282. The Kier molecular flexibility index (Phi) is 2.68. The van der Waals surface area contributed by atoms with Gasteiger partial charge in [-0.25, -0.2) is 0 Å². The van der Waals surface area contributed by atoms with Gasteiger partial charge in [0.05, 0.1) is 11.9 Å². The van der Waals surface area contributed by atoms with E-state index in [0.717, 1.165) is 0 Å². The summed E-state index contributed by atoms with van der Waals surface area (Å²) in [5, 5.41) is 3.95. The first-order chi connectivity index (χ1) is 5.68. The molecule has 0 aromatic carbocycles. The molecule has 0 bridgehead atoms. The highest BCUT2D eigenvalue weighted by Crippen LogP contribution is 1.99. The first-order valence-electron chi connectivity index (χ1n) is 3.75. The smallest absolute Gasteiger partial charge is 0.217 e. The van der Waals surface area contributed by atoms with E-state index >= 15 is 0 Å². The van der Waals surface area contributed by atoms with E-state index in [2.05, 4.69) is 5.10 Å². The maximum atomic E-state index is 10.4. The van der Waals surface area contributed by atoms with Crippen molar-refractivity contribution in [1.29, 1.82) is 0 Å². The van der Waals surface area contributed by atoms with Crippen molar-refractivity contribution in [3.63, 3.8) is 0 Å². The van der Waals surface area contributed by atoms with Gasteiger partial charge in [-0.3, -0.25) is 9.48 Å². The monoisotopic (exact) mass is 168 g/mol. The Hall–Kier alpha value is -1.52. The summed E-state index contributed by atoms with van der Waals surface area (Å²) >= 11 is 0. The number of nitrogen functional groups attached to an aromatic ring is 1. The van der Waals surface area contributed by atoms with Crippen molar-refractivity contribution < 1.29 is 4.79 Å². The summed E-state index contributed by atoms with van der Waals surface area (Å²) in [6, 6.07) is 0. The van der Waals surface area contributed by atoms with Crippen LogP contribution in [0.4, 0.5) is 5.69 Å². The van der Waals surface area contributed by atoms with Gasteiger partial charge in [-0.2, -0.15) is 5.10 Å². The van der Waals surface area contributed by atoms with Crippen molar-refractivity contribution in [2.45, 2.75) is 19.4 Å². The van der Waals surface area contributed by atoms with E-state index in [-0.39, 0.29) is 5.91 Å². The maximum Gasteiger partial charge on any atom is 0.217 e. The molecule has 1 amide bonds. The average molecular weight is 168 g/mol. The lowest BCUT2D eigenvalue weighted by Gasteiger charge is -1.97. The molecule has 5 heteroatoms. The Balaban J connectivity index is 2.29. The minimum Gasteiger partial charge on any atom is -0.396 e. The van der Waals surface area contributed by atoms with Crippen LogP contribution in [-0.4, -0.2) is 15.7 Å². The molecule has 0 radical (unpaired) electrons. The number of hydrogen-bond acceptors (Lipinski definition) is 3. The molecule has 1 rings (SSSR count). The molecule has 4 N–H and O–H groups in total. The molecule has 0 saturated carbocycles. The van der Waals surface area contributed by atoms with Gasteiger partial charge < -0.3 is 11.5 Å².